The summed E-state index contributed by atoms with van der Waals surface area (Å²) in [6.45, 7) is 2.46. The Hall–Kier alpha value is -2.51. The molecule has 0 saturated carbocycles. The fraction of sp³-hybridized carbons (Fsp3) is 0.250. The Labute approximate surface area is 172 Å². The summed E-state index contributed by atoms with van der Waals surface area (Å²) in [6, 6.07) is 12.4. The number of thioether (sulfide) groups is 1. The van der Waals surface area contributed by atoms with Gasteiger partial charge in [-0.1, -0.05) is 18.5 Å². The molecule has 1 aliphatic rings. The Balaban J connectivity index is 1.51. The normalized spacial score (nSPS) is 12.4. The lowest BCUT2D eigenvalue weighted by molar-refractivity contribution is -0.119. The molecule has 0 aliphatic carbocycles. The molecule has 0 saturated heterocycles. The second-order valence-corrected chi connectivity index (χ2v) is 7.72. The lowest BCUT2D eigenvalue weighted by Gasteiger charge is -2.16. The van der Waals surface area contributed by atoms with Crippen LogP contribution in [-0.2, 0) is 16.0 Å². The monoisotopic (exact) mass is 417 g/mol. The summed E-state index contributed by atoms with van der Waals surface area (Å²) in [4.78, 5) is 38.8. The summed E-state index contributed by atoms with van der Waals surface area (Å²) >= 11 is 7.17. The first kappa shape index (κ1) is 20.2. The SMILES string of the molecule is CCC(=O)N1CCc2cc(C(=O)NNC(=O)CSc3ccc(Cl)cc3)ccc21. The molecule has 3 amide bonds. The van der Waals surface area contributed by atoms with Gasteiger partial charge in [0.1, 0.15) is 0 Å². The van der Waals surface area contributed by atoms with Gasteiger partial charge in [0.05, 0.1) is 5.75 Å². The lowest BCUT2D eigenvalue weighted by Crippen LogP contribution is -2.42. The highest BCUT2D eigenvalue weighted by Gasteiger charge is 2.24. The Bertz CT molecular complexity index is 902. The summed E-state index contributed by atoms with van der Waals surface area (Å²) in [6.07, 6.45) is 1.16. The first-order valence-electron chi connectivity index (χ1n) is 8.88. The molecule has 0 aromatic heterocycles. The summed E-state index contributed by atoms with van der Waals surface area (Å²) in [5.74, 6) is -0.469. The van der Waals surface area contributed by atoms with E-state index in [1.807, 2.05) is 19.1 Å². The van der Waals surface area contributed by atoms with Crippen molar-refractivity contribution < 1.29 is 14.4 Å². The number of fused-ring (bicyclic) bond motifs is 1. The minimum Gasteiger partial charge on any atom is -0.312 e. The molecule has 6 nitrogen and oxygen atoms in total. The zero-order chi connectivity index (χ0) is 20.1. The third kappa shape index (κ3) is 4.85. The predicted molar refractivity (Wildman–Crippen MR) is 111 cm³/mol. The number of hydrogen-bond acceptors (Lipinski definition) is 4. The van der Waals surface area contributed by atoms with Crippen molar-refractivity contribution in [2.45, 2.75) is 24.7 Å². The van der Waals surface area contributed by atoms with Crippen molar-refractivity contribution >= 4 is 46.8 Å². The molecule has 28 heavy (non-hydrogen) atoms. The summed E-state index contributed by atoms with van der Waals surface area (Å²) in [5, 5.41) is 0.637. The van der Waals surface area contributed by atoms with Crippen LogP contribution in [0.5, 0.6) is 0 Å². The number of hydrogen-bond donors (Lipinski definition) is 2. The van der Waals surface area contributed by atoms with E-state index in [-0.39, 0.29) is 17.6 Å². The van der Waals surface area contributed by atoms with E-state index >= 15 is 0 Å². The molecule has 3 rings (SSSR count). The zero-order valence-electron chi connectivity index (χ0n) is 15.3. The van der Waals surface area contributed by atoms with Gasteiger partial charge in [-0.15, -0.1) is 11.8 Å². The van der Waals surface area contributed by atoms with Gasteiger partial charge in [-0.05, 0) is 54.4 Å². The van der Waals surface area contributed by atoms with Crippen LogP contribution in [0.15, 0.2) is 47.4 Å². The molecule has 0 fully saturated rings. The van der Waals surface area contributed by atoms with Gasteiger partial charge in [-0.2, -0.15) is 0 Å². The average molecular weight is 418 g/mol. The van der Waals surface area contributed by atoms with Gasteiger partial charge >= 0.3 is 0 Å². The molecule has 2 N–H and O–H groups in total. The van der Waals surface area contributed by atoms with Gasteiger partial charge in [-0.25, -0.2) is 0 Å². The van der Waals surface area contributed by atoms with Crippen molar-refractivity contribution in [3.8, 4) is 0 Å². The zero-order valence-corrected chi connectivity index (χ0v) is 16.9. The minimum atomic E-state index is -0.395. The van der Waals surface area contributed by atoms with Crippen LogP contribution in [0.3, 0.4) is 0 Å². The van der Waals surface area contributed by atoms with Crippen molar-refractivity contribution in [3.63, 3.8) is 0 Å². The van der Waals surface area contributed by atoms with Crippen molar-refractivity contribution in [2.24, 2.45) is 0 Å². The molecular formula is C20H20ClN3O3S. The fourth-order valence-corrected chi connectivity index (χ4v) is 3.73. The maximum absolute atomic E-state index is 12.3. The van der Waals surface area contributed by atoms with Gasteiger partial charge in [0.2, 0.25) is 11.8 Å². The first-order chi connectivity index (χ1) is 13.5. The number of amides is 3. The van der Waals surface area contributed by atoms with E-state index in [4.69, 9.17) is 11.6 Å². The molecule has 0 unspecified atom stereocenters. The Morgan fingerprint density at radius 1 is 1.11 bits per heavy atom. The van der Waals surface area contributed by atoms with Crippen LogP contribution in [-0.4, -0.2) is 30.0 Å². The van der Waals surface area contributed by atoms with E-state index < -0.39 is 5.91 Å². The molecule has 0 bridgehead atoms. The number of halogens is 1. The standard InChI is InChI=1S/C20H20ClN3O3S/c1-2-19(26)24-10-9-13-11-14(3-8-17(13)24)20(27)23-22-18(25)12-28-16-6-4-15(21)5-7-16/h3-8,11H,2,9-10,12H2,1H3,(H,22,25)(H,23,27). The molecule has 0 spiro atoms. The van der Waals surface area contributed by atoms with Gasteiger partial charge in [0, 0.05) is 34.1 Å². The molecular weight excluding hydrogens is 398 g/mol. The van der Waals surface area contributed by atoms with Crippen LogP contribution in [0, 0.1) is 0 Å². The quantitative estimate of drug-likeness (QED) is 0.578. The topological polar surface area (TPSA) is 78.5 Å². The van der Waals surface area contributed by atoms with E-state index in [2.05, 4.69) is 10.9 Å². The summed E-state index contributed by atoms with van der Waals surface area (Å²) < 4.78 is 0. The molecule has 8 heteroatoms. The fourth-order valence-electron chi connectivity index (χ4n) is 2.91. The van der Waals surface area contributed by atoms with Crippen LogP contribution in [0.1, 0.15) is 29.3 Å². The van der Waals surface area contributed by atoms with Crippen LogP contribution >= 0.6 is 23.4 Å². The van der Waals surface area contributed by atoms with E-state index in [0.717, 1.165) is 16.1 Å². The highest BCUT2D eigenvalue weighted by atomic mass is 35.5. The molecule has 0 atom stereocenters. The number of nitrogens with zero attached hydrogens (tertiary/aromatic N) is 1. The Morgan fingerprint density at radius 2 is 1.86 bits per heavy atom. The van der Waals surface area contributed by atoms with Gasteiger partial charge in [0.25, 0.3) is 5.91 Å². The van der Waals surface area contributed by atoms with Gasteiger partial charge < -0.3 is 4.90 Å². The molecule has 1 aliphatic heterocycles. The average Bonchev–Trinajstić information content (AvgIpc) is 3.14. The predicted octanol–water partition coefficient (Wildman–Crippen LogP) is 3.19. The smallest absolute Gasteiger partial charge is 0.269 e. The van der Waals surface area contributed by atoms with Crippen molar-refractivity contribution in [2.75, 3.05) is 17.2 Å². The Kier molecular flexibility index (Phi) is 6.59. The highest BCUT2D eigenvalue weighted by Crippen LogP contribution is 2.29. The van der Waals surface area contributed by atoms with Crippen molar-refractivity contribution in [3.05, 3.63) is 58.6 Å². The molecule has 146 valence electrons. The highest BCUT2D eigenvalue weighted by molar-refractivity contribution is 8.00. The van der Waals surface area contributed by atoms with Crippen molar-refractivity contribution in [1.82, 2.24) is 10.9 Å². The number of carbonyl (C=O) groups is 3. The number of rotatable bonds is 5. The summed E-state index contributed by atoms with van der Waals surface area (Å²) in [5.41, 5.74) is 7.09. The third-order valence-corrected chi connectivity index (χ3v) is 5.60. The molecule has 0 radical (unpaired) electrons. The second-order valence-electron chi connectivity index (χ2n) is 6.24. The molecule has 2 aromatic carbocycles. The van der Waals surface area contributed by atoms with Gasteiger partial charge in [-0.3, -0.25) is 25.2 Å². The second kappa shape index (κ2) is 9.12. The van der Waals surface area contributed by atoms with Crippen LogP contribution < -0.4 is 15.8 Å². The van der Waals surface area contributed by atoms with E-state index in [0.29, 0.717) is 30.0 Å². The van der Waals surface area contributed by atoms with Gasteiger partial charge in [0.15, 0.2) is 0 Å². The van der Waals surface area contributed by atoms with Crippen LogP contribution in [0.25, 0.3) is 0 Å². The minimum absolute atomic E-state index is 0.0707. The first-order valence-corrected chi connectivity index (χ1v) is 10.2. The lowest BCUT2D eigenvalue weighted by atomic mass is 10.1. The van der Waals surface area contributed by atoms with E-state index in [9.17, 15) is 14.4 Å². The largest absolute Gasteiger partial charge is 0.312 e. The van der Waals surface area contributed by atoms with Crippen LogP contribution in [0.4, 0.5) is 5.69 Å². The molecule has 2 aromatic rings. The maximum Gasteiger partial charge on any atom is 0.269 e. The van der Waals surface area contributed by atoms with Crippen LogP contribution in [0.2, 0.25) is 5.02 Å². The van der Waals surface area contributed by atoms with E-state index in [1.165, 1.54) is 11.8 Å². The maximum atomic E-state index is 12.3. The number of carbonyl (C=O) groups excluding carboxylic acids is 3. The number of nitrogens with one attached hydrogen (secondary N) is 2. The van der Waals surface area contributed by atoms with Crippen molar-refractivity contribution in [1.29, 1.82) is 0 Å². The van der Waals surface area contributed by atoms with E-state index in [1.54, 1.807) is 35.2 Å². The Morgan fingerprint density at radius 3 is 2.57 bits per heavy atom. The third-order valence-electron chi connectivity index (χ3n) is 4.34. The summed E-state index contributed by atoms with van der Waals surface area (Å²) in [7, 11) is 0. The number of hydrazine groups is 1. The number of benzene rings is 2. The number of anilines is 1. The molecule has 1 heterocycles.